The highest BCUT2D eigenvalue weighted by Gasteiger charge is 2.35. The van der Waals surface area contributed by atoms with Crippen molar-refractivity contribution >= 4 is 50.7 Å². The van der Waals surface area contributed by atoms with Gasteiger partial charge in [-0.25, -0.2) is 8.42 Å². The van der Waals surface area contributed by atoms with Crippen LogP contribution in [0.3, 0.4) is 0 Å². The quantitative estimate of drug-likeness (QED) is 0.212. The van der Waals surface area contributed by atoms with Crippen molar-refractivity contribution in [3.05, 3.63) is 81.8 Å². The Hall–Kier alpha value is -3.47. The number of hydrogen-bond donors (Lipinski definition) is 1. The fourth-order valence-corrected chi connectivity index (χ4v) is 7.38. The first-order valence-corrected chi connectivity index (χ1v) is 17.5. The van der Waals surface area contributed by atoms with E-state index >= 15 is 0 Å². The van der Waals surface area contributed by atoms with Gasteiger partial charge >= 0.3 is 0 Å². The molecule has 1 aliphatic carbocycles. The second kappa shape index (κ2) is 15.9. The van der Waals surface area contributed by atoms with Crippen molar-refractivity contribution in [2.24, 2.45) is 0 Å². The molecule has 248 valence electrons. The number of nitrogens with zero attached hydrogens (tertiary/aromatic N) is 2. The number of rotatable bonds is 13. The molecule has 0 saturated heterocycles. The van der Waals surface area contributed by atoms with Crippen LogP contribution in [0.1, 0.15) is 56.6 Å². The zero-order valence-electron chi connectivity index (χ0n) is 26.6. The maximum absolute atomic E-state index is 14.5. The molecule has 0 heterocycles. The number of nitrogens with one attached hydrogen (secondary N) is 1. The molecular formula is C34H41Cl2N3O6S. The topological polar surface area (TPSA) is 105 Å². The molecule has 1 unspecified atom stereocenters. The molecule has 3 aromatic rings. The van der Waals surface area contributed by atoms with E-state index < -0.39 is 28.5 Å². The lowest BCUT2D eigenvalue weighted by Gasteiger charge is -2.34. The summed E-state index contributed by atoms with van der Waals surface area (Å²) in [7, 11) is -1.42. The number of hydrogen-bond acceptors (Lipinski definition) is 6. The van der Waals surface area contributed by atoms with Gasteiger partial charge in [-0.1, -0.05) is 73.2 Å². The standard InChI is InChI=1S/C34H41Cl2N3O6S/c1-5-30(34(41)37-25-9-7-6-8-10-25)38(21-24-13-17-28(35)29(36)19-24)33(40)22-39(31-20-26(44-3)14-18-32(31)45-4)46(42,43)27-15-11-23(2)12-16-27/h11-20,25,30H,5-10,21-22H2,1-4H3,(H,37,41). The second-order valence-electron chi connectivity index (χ2n) is 11.4. The van der Waals surface area contributed by atoms with Crippen molar-refractivity contribution in [2.45, 2.75) is 75.9 Å². The number of carbonyl (C=O) groups excluding carboxylic acids is 2. The minimum absolute atomic E-state index is 0.0000193. The first-order chi connectivity index (χ1) is 22.0. The molecule has 0 aromatic heterocycles. The van der Waals surface area contributed by atoms with Crippen molar-refractivity contribution in [2.75, 3.05) is 25.1 Å². The van der Waals surface area contributed by atoms with E-state index in [9.17, 15) is 18.0 Å². The van der Waals surface area contributed by atoms with Gasteiger partial charge in [-0.05, 0) is 68.1 Å². The van der Waals surface area contributed by atoms with Crippen molar-refractivity contribution in [1.29, 1.82) is 0 Å². The molecule has 0 bridgehead atoms. The van der Waals surface area contributed by atoms with Crippen molar-refractivity contribution < 1.29 is 27.5 Å². The lowest BCUT2D eigenvalue weighted by Crippen LogP contribution is -2.54. The highest BCUT2D eigenvalue weighted by atomic mass is 35.5. The van der Waals surface area contributed by atoms with E-state index in [1.165, 1.54) is 37.3 Å². The van der Waals surface area contributed by atoms with Crippen LogP contribution in [-0.4, -0.2) is 58.0 Å². The molecule has 0 aliphatic heterocycles. The number of ether oxygens (including phenoxy) is 2. The normalized spacial score (nSPS) is 14.3. The minimum Gasteiger partial charge on any atom is -0.497 e. The average molecular weight is 691 g/mol. The number of methoxy groups -OCH3 is 2. The van der Waals surface area contributed by atoms with E-state index in [0.29, 0.717) is 27.8 Å². The van der Waals surface area contributed by atoms with Gasteiger partial charge in [0.25, 0.3) is 10.0 Å². The Morgan fingerprint density at radius 2 is 1.63 bits per heavy atom. The van der Waals surface area contributed by atoms with E-state index in [1.807, 2.05) is 13.8 Å². The summed E-state index contributed by atoms with van der Waals surface area (Å²) in [6.07, 6.45) is 5.25. The number of halogens is 2. The van der Waals surface area contributed by atoms with Crippen LogP contribution in [0.15, 0.2) is 65.6 Å². The molecule has 4 rings (SSSR count). The summed E-state index contributed by atoms with van der Waals surface area (Å²) in [6, 6.07) is 15.2. The largest absolute Gasteiger partial charge is 0.497 e. The van der Waals surface area contributed by atoms with Gasteiger partial charge in [0.15, 0.2) is 0 Å². The van der Waals surface area contributed by atoms with Crippen LogP contribution in [0.4, 0.5) is 5.69 Å². The Balaban J connectivity index is 1.79. The van der Waals surface area contributed by atoms with Gasteiger partial charge < -0.3 is 19.7 Å². The third kappa shape index (κ3) is 8.46. The second-order valence-corrected chi connectivity index (χ2v) is 14.1. The van der Waals surface area contributed by atoms with E-state index in [1.54, 1.807) is 42.5 Å². The van der Waals surface area contributed by atoms with Crippen LogP contribution in [-0.2, 0) is 26.2 Å². The number of carbonyl (C=O) groups is 2. The van der Waals surface area contributed by atoms with Crippen LogP contribution in [0.5, 0.6) is 11.5 Å². The van der Waals surface area contributed by atoms with Gasteiger partial charge in [-0.3, -0.25) is 13.9 Å². The van der Waals surface area contributed by atoms with E-state index in [4.69, 9.17) is 32.7 Å². The maximum Gasteiger partial charge on any atom is 0.264 e. The summed E-state index contributed by atoms with van der Waals surface area (Å²) >= 11 is 12.5. The van der Waals surface area contributed by atoms with E-state index in [0.717, 1.165) is 42.0 Å². The SMILES string of the molecule is CCC(C(=O)NC1CCCCC1)N(Cc1ccc(Cl)c(Cl)c1)C(=O)CN(c1cc(OC)ccc1OC)S(=O)(=O)c1ccc(C)cc1. The van der Waals surface area contributed by atoms with Crippen molar-refractivity contribution in [3.8, 4) is 11.5 Å². The van der Waals surface area contributed by atoms with Gasteiger partial charge in [0.05, 0.1) is 34.8 Å². The number of aryl methyl sites for hydroxylation is 1. The maximum atomic E-state index is 14.5. The fourth-order valence-electron chi connectivity index (χ4n) is 5.64. The monoisotopic (exact) mass is 689 g/mol. The summed E-state index contributed by atoms with van der Waals surface area (Å²) in [4.78, 5) is 29.7. The average Bonchev–Trinajstić information content (AvgIpc) is 3.05. The first-order valence-electron chi connectivity index (χ1n) is 15.3. The lowest BCUT2D eigenvalue weighted by molar-refractivity contribution is -0.140. The molecule has 1 aliphatic rings. The Morgan fingerprint density at radius 1 is 0.935 bits per heavy atom. The van der Waals surface area contributed by atoms with Gasteiger partial charge in [-0.15, -0.1) is 0 Å². The van der Waals surface area contributed by atoms with Crippen LogP contribution in [0.25, 0.3) is 0 Å². The molecule has 1 fully saturated rings. The Bertz CT molecular complexity index is 1630. The molecule has 1 saturated carbocycles. The Kier molecular flexibility index (Phi) is 12.2. The first kappa shape index (κ1) is 35.4. The zero-order chi connectivity index (χ0) is 33.4. The molecule has 1 atom stereocenters. The third-order valence-corrected chi connectivity index (χ3v) is 10.7. The lowest BCUT2D eigenvalue weighted by atomic mass is 9.95. The summed E-state index contributed by atoms with van der Waals surface area (Å²) < 4.78 is 40.5. The Morgan fingerprint density at radius 3 is 2.24 bits per heavy atom. The molecule has 46 heavy (non-hydrogen) atoms. The minimum atomic E-state index is -4.31. The van der Waals surface area contributed by atoms with Crippen molar-refractivity contribution in [3.63, 3.8) is 0 Å². The van der Waals surface area contributed by atoms with Crippen molar-refractivity contribution in [1.82, 2.24) is 10.2 Å². The number of benzene rings is 3. The van der Waals surface area contributed by atoms with Crippen LogP contribution in [0.2, 0.25) is 10.0 Å². The smallest absolute Gasteiger partial charge is 0.264 e. The fraction of sp³-hybridized carbons (Fsp3) is 0.412. The molecule has 9 nitrogen and oxygen atoms in total. The Labute approximate surface area is 281 Å². The predicted octanol–water partition coefficient (Wildman–Crippen LogP) is 6.77. The molecule has 3 aromatic carbocycles. The summed E-state index contributed by atoms with van der Waals surface area (Å²) in [5, 5.41) is 3.80. The molecule has 0 radical (unpaired) electrons. The highest BCUT2D eigenvalue weighted by molar-refractivity contribution is 7.92. The summed E-state index contributed by atoms with van der Waals surface area (Å²) in [5.41, 5.74) is 1.63. The third-order valence-electron chi connectivity index (χ3n) is 8.22. The predicted molar refractivity (Wildman–Crippen MR) is 181 cm³/mol. The molecule has 12 heteroatoms. The summed E-state index contributed by atoms with van der Waals surface area (Å²) in [5.74, 6) is -0.271. The molecule has 2 amide bonds. The van der Waals surface area contributed by atoms with Crippen LogP contribution < -0.4 is 19.1 Å². The van der Waals surface area contributed by atoms with Gasteiger partial charge in [0.1, 0.15) is 24.1 Å². The van der Waals surface area contributed by atoms with E-state index in [-0.39, 0.29) is 34.8 Å². The van der Waals surface area contributed by atoms with E-state index in [2.05, 4.69) is 5.32 Å². The molecule has 0 spiro atoms. The zero-order valence-corrected chi connectivity index (χ0v) is 28.9. The number of anilines is 1. The highest BCUT2D eigenvalue weighted by Crippen LogP contribution is 2.36. The van der Waals surface area contributed by atoms with Gasteiger partial charge in [0, 0.05) is 18.7 Å². The molecular weight excluding hydrogens is 649 g/mol. The van der Waals surface area contributed by atoms with Gasteiger partial charge in [0.2, 0.25) is 11.8 Å². The van der Waals surface area contributed by atoms with Gasteiger partial charge in [-0.2, -0.15) is 0 Å². The van der Waals surface area contributed by atoms with Crippen LogP contribution in [0, 0.1) is 6.92 Å². The summed E-state index contributed by atoms with van der Waals surface area (Å²) in [6.45, 7) is 3.06. The van der Waals surface area contributed by atoms with Crippen LogP contribution >= 0.6 is 23.2 Å². The molecule has 1 N–H and O–H groups in total. The number of amides is 2. The number of sulfonamides is 1.